The van der Waals surface area contributed by atoms with Crippen molar-refractivity contribution in [3.8, 4) is 17.2 Å². The monoisotopic (exact) mass is 574 g/mol. The fraction of sp³-hybridized carbons (Fsp3) is 0.471. The summed E-state index contributed by atoms with van der Waals surface area (Å²) in [5.41, 5.74) is 1.80. The van der Waals surface area contributed by atoms with Gasteiger partial charge >= 0.3 is 0 Å². The summed E-state index contributed by atoms with van der Waals surface area (Å²) < 4.78 is 19.8. The van der Waals surface area contributed by atoms with Gasteiger partial charge in [0.2, 0.25) is 0 Å². The zero-order chi connectivity index (χ0) is 29.3. The van der Waals surface area contributed by atoms with E-state index in [9.17, 15) is 4.79 Å². The molecule has 2 aromatic heterocycles. The van der Waals surface area contributed by atoms with Gasteiger partial charge in [-0.1, -0.05) is 20.3 Å². The van der Waals surface area contributed by atoms with Crippen LogP contribution in [0.5, 0.6) is 11.5 Å². The number of nitrogens with zero attached hydrogens (tertiary/aromatic N) is 2. The predicted molar refractivity (Wildman–Crippen MR) is 169 cm³/mol. The van der Waals surface area contributed by atoms with E-state index in [0.29, 0.717) is 18.0 Å². The topological polar surface area (TPSA) is 90.4 Å². The number of ether oxygens (including phenoxy) is 3. The normalized spacial score (nSPS) is 20.5. The molecular formula is C34H46N4O4. The van der Waals surface area contributed by atoms with Crippen LogP contribution in [0.15, 0.2) is 65.8 Å². The number of fused-ring (bicyclic) bond motifs is 1. The number of hydrogen-bond donors (Lipinski definition) is 2. The lowest BCUT2D eigenvalue weighted by molar-refractivity contribution is 0.0680. The second-order valence-corrected chi connectivity index (χ2v) is 11.0. The predicted octanol–water partition coefficient (Wildman–Crippen LogP) is 6.72. The average molecular weight is 575 g/mol. The first-order chi connectivity index (χ1) is 20.6. The number of aromatic nitrogens is 3. The van der Waals surface area contributed by atoms with Crippen molar-refractivity contribution in [2.75, 3.05) is 13.2 Å². The van der Waals surface area contributed by atoms with Gasteiger partial charge in [-0.3, -0.25) is 9.36 Å². The number of aryl methyl sites for hydroxylation is 1. The number of H-pyrrole nitrogens is 1. The van der Waals surface area contributed by atoms with Gasteiger partial charge in [-0.15, -0.1) is 0 Å². The van der Waals surface area contributed by atoms with Crippen LogP contribution in [0.4, 0.5) is 0 Å². The van der Waals surface area contributed by atoms with Crippen LogP contribution in [0.1, 0.15) is 71.6 Å². The third-order valence-electron chi connectivity index (χ3n) is 8.05. The van der Waals surface area contributed by atoms with Gasteiger partial charge in [0.25, 0.3) is 5.56 Å². The minimum atomic E-state index is -0.0505. The van der Waals surface area contributed by atoms with Gasteiger partial charge in [0.05, 0.1) is 12.6 Å². The molecular weight excluding hydrogens is 528 g/mol. The second-order valence-electron chi connectivity index (χ2n) is 11.0. The summed E-state index contributed by atoms with van der Waals surface area (Å²) in [6.07, 6.45) is 13.4. The van der Waals surface area contributed by atoms with E-state index in [-0.39, 0.29) is 19.2 Å². The molecule has 6 rings (SSSR count). The molecule has 8 nitrogen and oxygen atoms in total. The molecule has 0 bridgehead atoms. The van der Waals surface area contributed by atoms with Gasteiger partial charge in [0.15, 0.2) is 0 Å². The highest BCUT2D eigenvalue weighted by Gasteiger charge is 2.22. The molecule has 2 aromatic carbocycles. The molecule has 42 heavy (non-hydrogen) atoms. The van der Waals surface area contributed by atoms with E-state index in [0.717, 1.165) is 85.6 Å². The third kappa shape index (κ3) is 7.41. The van der Waals surface area contributed by atoms with E-state index >= 15 is 0 Å². The van der Waals surface area contributed by atoms with Gasteiger partial charge in [-0.2, -0.15) is 0 Å². The maximum Gasteiger partial charge on any atom is 0.262 e. The number of benzene rings is 2. The highest BCUT2D eigenvalue weighted by molar-refractivity contribution is 5.83. The molecule has 0 radical (unpaired) electrons. The molecule has 1 saturated carbocycles. The minimum Gasteiger partial charge on any atom is -0.491 e. The quantitative estimate of drug-likeness (QED) is 0.216. The lowest BCUT2D eigenvalue weighted by atomic mass is 10.1. The highest BCUT2D eigenvalue weighted by Crippen LogP contribution is 2.28. The van der Waals surface area contributed by atoms with Gasteiger partial charge < -0.3 is 24.5 Å². The Morgan fingerprint density at radius 3 is 2.76 bits per heavy atom. The van der Waals surface area contributed by atoms with Crippen molar-refractivity contribution in [2.24, 2.45) is 0 Å². The molecule has 2 N–H and O–H groups in total. The maximum absolute atomic E-state index is 13.4. The van der Waals surface area contributed by atoms with Gasteiger partial charge in [0, 0.05) is 43.7 Å². The Kier molecular flexibility index (Phi) is 10.3. The van der Waals surface area contributed by atoms with Gasteiger partial charge in [0.1, 0.15) is 30.0 Å². The average Bonchev–Trinajstić information content (AvgIpc) is 3.69. The lowest BCUT2D eigenvalue weighted by Gasteiger charge is -2.23. The fourth-order valence-electron chi connectivity index (χ4n) is 5.82. The summed E-state index contributed by atoms with van der Waals surface area (Å²) in [4.78, 5) is 20.9. The Morgan fingerprint density at radius 2 is 1.98 bits per heavy atom. The van der Waals surface area contributed by atoms with Crippen LogP contribution in [0, 0.1) is 6.92 Å². The van der Waals surface area contributed by atoms with Crippen LogP contribution in [0.3, 0.4) is 0 Å². The summed E-state index contributed by atoms with van der Waals surface area (Å²) in [5, 5.41) is 5.17. The Labute approximate surface area is 249 Å². The van der Waals surface area contributed by atoms with E-state index in [1.807, 2.05) is 75.6 Å². The number of pyridine rings is 1. The van der Waals surface area contributed by atoms with Crippen molar-refractivity contribution in [1.29, 1.82) is 0 Å². The molecule has 0 spiro atoms. The Morgan fingerprint density at radius 1 is 1.10 bits per heavy atom. The van der Waals surface area contributed by atoms with Gasteiger partial charge in [-0.25, -0.2) is 4.98 Å². The minimum absolute atomic E-state index is 0. The van der Waals surface area contributed by atoms with Crippen LogP contribution in [-0.4, -0.2) is 46.0 Å². The maximum atomic E-state index is 13.4. The van der Waals surface area contributed by atoms with Crippen LogP contribution < -0.4 is 20.3 Å². The highest BCUT2D eigenvalue weighted by atomic mass is 16.5. The number of rotatable bonds is 9. The fourth-order valence-corrected chi connectivity index (χ4v) is 5.82. The summed E-state index contributed by atoms with van der Waals surface area (Å²) >= 11 is 0. The van der Waals surface area contributed by atoms with Crippen molar-refractivity contribution in [3.05, 3.63) is 82.8 Å². The van der Waals surface area contributed by atoms with Crippen LogP contribution in [-0.2, 0) is 11.3 Å². The summed E-state index contributed by atoms with van der Waals surface area (Å²) in [7, 11) is 0. The number of hydrogen-bond acceptors (Lipinski definition) is 6. The molecule has 3 heterocycles. The molecule has 0 amide bonds. The van der Waals surface area contributed by atoms with Crippen LogP contribution in [0.25, 0.3) is 16.5 Å². The van der Waals surface area contributed by atoms with E-state index in [4.69, 9.17) is 14.2 Å². The first-order valence-electron chi connectivity index (χ1n) is 15.5. The Hall–Kier alpha value is -3.62. The molecule has 1 aliphatic carbocycles. The first kappa shape index (κ1) is 29.9. The van der Waals surface area contributed by atoms with Crippen molar-refractivity contribution in [3.63, 3.8) is 0 Å². The molecule has 2 aliphatic rings. The molecule has 226 valence electrons. The number of imidazole rings is 1. The SMILES string of the molecule is CC.Cc1cc(-n2ccc3cc(OC[C@H]4CCCO4)ccc3c2=O)ccc1O[C@H]1CCCCC(NCc2ncc[nH]2)C1.[HH]. The van der Waals surface area contributed by atoms with E-state index < -0.39 is 0 Å². The van der Waals surface area contributed by atoms with Crippen molar-refractivity contribution in [2.45, 2.75) is 90.5 Å². The Bertz CT molecular complexity index is 1480. The second kappa shape index (κ2) is 14.5. The summed E-state index contributed by atoms with van der Waals surface area (Å²) in [5.74, 6) is 2.59. The molecule has 2 fully saturated rings. The standard InChI is InChI=1S/C32H38N4O4.C2H6.H2/c1-22-17-25(8-11-30(22)40-27-6-3-2-5-24(19-27)35-20-31-33-13-14-34-31)36-15-12-23-18-26(9-10-29(23)32(36)37)39-21-28-7-4-16-38-28;1-2;/h8-15,17-18,24,27-28,35H,2-7,16,19-21H2,1H3,(H,33,34);1-2H3;1H/t24?,27-,28+;;/m0../s1. The lowest BCUT2D eigenvalue weighted by Crippen LogP contribution is -2.33. The van der Waals surface area contributed by atoms with Crippen molar-refractivity contribution in [1.82, 2.24) is 19.9 Å². The molecule has 1 saturated heterocycles. The molecule has 8 heteroatoms. The molecule has 3 atom stereocenters. The van der Waals surface area contributed by atoms with Crippen molar-refractivity contribution < 1.29 is 15.6 Å². The van der Waals surface area contributed by atoms with E-state index in [1.54, 1.807) is 10.8 Å². The van der Waals surface area contributed by atoms with Crippen molar-refractivity contribution >= 4 is 10.8 Å². The third-order valence-corrected chi connectivity index (χ3v) is 8.05. The zero-order valence-electron chi connectivity index (χ0n) is 25.1. The van der Waals surface area contributed by atoms with Crippen LogP contribution >= 0.6 is 0 Å². The van der Waals surface area contributed by atoms with E-state index in [1.165, 1.54) is 6.42 Å². The Balaban J connectivity index is 0.00000138. The summed E-state index contributed by atoms with van der Waals surface area (Å²) in [6.45, 7) is 8.14. The number of aromatic amines is 1. The summed E-state index contributed by atoms with van der Waals surface area (Å²) in [6, 6.07) is 14.0. The smallest absolute Gasteiger partial charge is 0.262 e. The largest absolute Gasteiger partial charge is 0.491 e. The van der Waals surface area contributed by atoms with E-state index in [2.05, 4.69) is 15.3 Å². The zero-order valence-corrected chi connectivity index (χ0v) is 25.1. The molecule has 1 aliphatic heterocycles. The number of nitrogens with one attached hydrogen (secondary N) is 2. The first-order valence-corrected chi connectivity index (χ1v) is 15.5. The molecule has 1 unspecified atom stereocenters. The van der Waals surface area contributed by atoms with Crippen LogP contribution in [0.2, 0.25) is 0 Å². The van der Waals surface area contributed by atoms with Gasteiger partial charge in [-0.05, 0) is 98.9 Å². The molecule has 4 aromatic rings.